The molecule has 0 saturated heterocycles. The number of halogens is 4. The minimum absolute atomic E-state index is 0.0305. The highest BCUT2D eigenvalue weighted by atomic mass is 32.2. The van der Waals surface area contributed by atoms with Gasteiger partial charge in [0.2, 0.25) is 5.91 Å². The molecular formula is C25H21F4N5O4S. The fourth-order valence-electron chi connectivity index (χ4n) is 4.16. The van der Waals surface area contributed by atoms with Crippen LogP contribution in [0.25, 0.3) is 33.5 Å². The van der Waals surface area contributed by atoms with E-state index in [0.29, 0.717) is 24.0 Å². The largest absolute Gasteiger partial charge is 0.460 e. The van der Waals surface area contributed by atoms with Gasteiger partial charge in [-0.25, -0.2) is 23.6 Å². The third kappa shape index (κ3) is 6.06. The number of aromatic amines is 1. The number of ether oxygens (including phenoxy) is 1. The van der Waals surface area contributed by atoms with E-state index in [-0.39, 0.29) is 58.7 Å². The predicted molar refractivity (Wildman–Crippen MR) is 133 cm³/mol. The number of carbonyl (C=O) groups is 1. The maximum absolute atomic E-state index is 15.0. The van der Waals surface area contributed by atoms with Crippen LogP contribution in [0.5, 0.6) is 6.01 Å². The first-order chi connectivity index (χ1) is 18.6. The van der Waals surface area contributed by atoms with Crippen LogP contribution in [0, 0.1) is 11.7 Å². The Morgan fingerprint density at radius 1 is 1.13 bits per heavy atom. The number of imidazole rings is 1. The Labute approximate surface area is 221 Å². The van der Waals surface area contributed by atoms with Crippen LogP contribution in [0.4, 0.5) is 17.6 Å². The molecule has 39 heavy (non-hydrogen) atoms. The monoisotopic (exact) mass is 563 g/mol. The Balaban J connectivity index is 1.21. The Morgan fingerprint density at radius 3 is 2.54 bits per heavy atom. The number of benzene rings is 2. The molecule has 1 saturated carbocycles. The van der Waals surface area contributed by atoms with Crippen molar-refractivity contribution >= 4 is 28.0 Å². The second-order valence-corrected chi connectivity index (χ2v) is 10.0. The predicted octanol–water partition coefficient (Wildman–Crippen LogP) is 4.34. The lowest BCUT2D eigenvalue weighted by atomic mass is 9.81. The third-order valence-electron chi connectivity index (χ3n) is 6.31. The van der Waals surface area contributed by atoms with E-state index < -0.39 is 28.6 Å². The number of nitrogens with one attached hydrogen (secondary N) is 2. The number of hydrogen-bond acceptors (Lipinski definition) is 6. The van der Waals surface area contributed by atoms with Crippen LogP contribution in [0.1, 0.15) is 18.4 Å². The summed E-state index contributed by atoms with van der Waals surface area (Å²) < 4.78 is 79.0. The van der Waals surface area contributed by atoms with Crippen molar-refractivity contribution in [2.75, 3.05) is 12.3 Å². The highest BCUT2D eigenvalue weighted by Gasteiger charge is 2.36. The van der Waals surface area contributed by atoms with Crippen molar-refractivity contribution in [3.8, 4) is 28.5 Å². The van der Waals surface area contributed by atoms with Crippen molar-refractivity contribution in [2.24, 2.45) is 5.92 Å². The van der Waals surface area contributed by atoms with Gasteiger partial charge in [-0.05, 0) is 48.7 Å². The number of H-pyrrole nitrogens is 1. The van der Waals surface area contributed by atoms with Crippen molar-refractivity contribution in [3.05, 3.63) is 60.2 Å². The molecule has 2 aromatic heterocycles. The minimum atomic E-state index is -4.50. The van der Waals surface area contributed by atoms with Gasteiger partial charge in [-0.3, -0.25) is 4.79 Å². The molecule has 9 nitrogen and oxygen atoms in total. The first-order valence-electron chi connectivity index (χ1n) is 11.8. The number of amides is 1. The van der Waals surface area contributed by atoms with Crippen LogP contribution in [-0.2, 0) is 22.1 Å². The summed E-state index contributed by atoms with van der Waals surface area (Å²) in [5.41, 5.74) is 0.679. The van der Waals surface area contributed by atoms with Gasteiger partial charge in [0, 0.05) is 30.4 Å². The first kappa shape index (κ1) is 26.7. The molecule has 1 aliphatic rings. The zero-order valence-electron chi connectivity index (χ0n) is 20.0. The molecule has 1 unspecified atom stereocenters. The molecule has 2 heterocycles. The zero-order chi connectivity index (χ0) is 27.7. The summed E-state index contributed by atoms with van der Waals surface area (Å²) in [5, 5.41) is 2.60. The number of fused-ring (bicyclic) bond motifs is 1. The summed E-state index contributed by atoms with van der Waals surface area (Å²) in [6.07, 6.45) is -0.887. The molecule has 1 fully saturated rings. The molecule has 5 rings (SSSR count). The normalized spacial score (nSPS) is 18.0. The fraction of sp³-hybridized carbons (Fsp3) is 0.280. The molecule has 14 heteroatoms. The fourth-order valence-corrected chi connectivity index (χ4v) is 4.43. The molecule has 1 amide bonds. The van der Waals surface area contributed by atoms with E-state index in [4.69, 9.17) is 9.29 Å². The third-order valence-corrected chi connectivity index (χ3v) is 6.86. The highest BCUT2D eigenvalue weighted by molar-refractivity contribution is 7.79. The van der Waals surface area contributed by atoms with Crippen LogP contribution in [0.3, 0.4) is 0 Å². The van der Waals surface area contributed by atoms with Crippen molar-refractivity contribution in [3.63, 3.8) is 0 Å². The van der Waals surface area contributed by atoms with Gasteiger partial charge in [0.25, 0.3) is 0 Å². The highest BCUT2D eigenvalue weighted by Crippen LogP contribution is 2.33. The van der Waals surface area contributed by atoms with Gasteiger partial charge in [0.1, 0.15) is 17.7 Å². The van der Waals surface area contributed by atoms with E-state index in [2.05, 4.69) is 25.3 Å². The topological polar surface area (TPSA) is 130 Å². The van der Waals surface area contributed by atoms with E-state index in [1.54, 1.807) is 6.07 Å². The summed E-state index contributed by atoms with van der Waals surface area (Å²) >= 11 is -1.96. The Morgan fingerprint density at radius 2 is 1.87 bits per heavy atom. The van der Waals surface area contributed by atoms with Crippen LogP contribution in [-0.4, -0.2) is 53.0 Å². The van der Waals surface area contributed by atoms with E-state index in [1.165, 1.54) is 30.6 Å². The van der Waals surface area contributed by atoms with Gasteiger partial charge in [0.05, 0.1) is 27.9 Å². The molecule has 0 radical (unpaired) electrons. The van der Waals surface area contributed by atoms with Gasteiger partial charge >= 0.3 is 12.2 Å². The SMILES string of the molecule is O=C(NCCS(=O)O)C1CC(Oc2ncc(-c3ccc(-c4nc5ccc(C(F)(F)F)cc5[nH]4)c(F)c3)cn2)C1. The van der Waals surface area contributed by atoms with Gasteiger partial charge in [0.15, 0.2) is 11.1 Å². The van der Waals surface area contributed by atoms with Crippen molar-refractivity contribution in [2.45, 2.75) is 25.1 Å². The molecule has 1 aliphatic carbocycles. The summed E-state index contributed by atoms with van der Waals surface area (Å²) in [5.74, 6) is -1.01. The van der Waals surface area contributed by atoms with Crippen LogP contribution < -0.4 is 10.1 Å². The van der Waals surface area contributed by atoms with Crippen LogP contribution in [0.2, 0.25) is 0 Å². The quantitative estimate of drug-likeness (QED) is 0.215. The van der Waals surface area contributed by atoms with Gasteiger partial charge in [-0.2, -0.15) is 13.2 Å². The molecule has 204 valence electrons. The zero-order valence-corrected chi connectivity index (χ0v) is 20.9. The molecular weight excluding hydrogens is 542 g/mol. The second-order valence-electron chi connectivity index (χ2n) is 8.99. The average molecular weight is 564 g/mol. The summed E-state index contributed by atoms with van der Waals surface area (Å²) in [6, 6.07) is 7.53. The lowest BCUT2D eigenvalue weighted by Crippen LogP contribution is -2.44. The van der Waals surface area contributed by atoms with E-state index in [1.807, 2.05) is 0 Å². The summed E-state index contributed by atoms with van der Waals surface area (Å²) in [6.45, 7) is 0.122. The maximum atomic E-state index is 15.0. The maximum Gasteiger partial charge on any atom is 0.416 e. The van der Waals surface area contributed by atoms with Crippen molar-refractivity contribution in [1.82, 2.24) is 25.3 Å². The Bertz CT molecular complexity index is 1540. The molecule has 1 atom stereocenters. The van der Waals surface area contributed by atoms with Crippen molar-refractivity contribution < 1.29 is 35.9 Å². The number of alkyl halides is 3. The second kappa shape index (κ2) is 10.7. The first-order valence-corrected chi connectivity index (χ1v) is 13.1. The molecule has 0 aliphatic heterocycles. The van der Waals surface area contributed by atoms with Crippen molar-refractivity contribution in [1.29, 1.82) is 0 Å². The van der Waals surface area contributed by atoms with E-state index in [9.17, 15) is 26.6 Å². The lowest BCUT2D eigenvalue weighted by Gasteiger charge is -2.33. The van der Waals surface area contributed by atoms with Crippen LogP contribution in [0.15, 0.2) is 48.8 Å². The number of rotatable bonds is 8. The summed E-state index contributed by atoms with van der Waals surface area (Å²) in [7, 11) is 0. The summed E-state index contributed by atoms with van der Waals surface area (Å²) in [4.78, 5) is 27.3. The number of carbonyl (C=O) groups excluding carboxylic acids is 1. The van der Waals surface area contributed by atoms with E-state index in [0.717, 1.165) is 12.1 Å². The minimum Gasteiger partial charge on any atom is -0.460 e. The van der Waals surface area contributed by atoms with Crippen LogP contribution >= 0.6 is 0 Å². The molecule has 0 bridgehead atoms. The smallest absolute Gasteiger partial charge is 0.416 e. The van der Waals surface area contributed by atoms with Gasteiger partial charge < -0.3 is 19.6 Å². The standard InChI is InChI=1S/C25H21F4N5O4S/c26-19-9-13(1-3-18(19)22-33-20-4-2-16(25(27,28)29)10-21(20)34-22)15-11-31-24(32-12-15)38-17-7-14(8-17)23(35)30-5-6-39(36)37/h1-4,9-12,14,17H,5-8H2,(H,30,35)(H,33,34)(H,36,37). The lowest BCUT2D eigenvalue weighted by molar-refractivity contribution is -0.137. The molecule has 0 spiro atoms. The Kier molecular flexibility index (Phi) is 7.32. The molecule has 3 N–H and O–H groups in total. The average Bonchev–Trinajstić information content (AvgIpc) is 3.28. The van der Waals surface area contributed by atoms with Gasteiger partial charge in [-0.15, -0.1) is 0 Å². The number of aromatic nitrogens is 4. The number of hydrogen-bond donors (Lipinski definition) is 3. The number of nitrogens with zero attached hydrogens (tertiary/aromatic N) is 3. The Hall–Kier alpha value is -3.91. The van der Waals surface area contributed by atoms with Gasteiger partial charge in [-0.1, -0.05) is 6.07 Å². The van der Waals surface area contributed by atoms with E-state index >= 15 is 0 Å². The molecule has 4 aromatic rings. The molecule has 2 aromatic carbocycles.